The molecule has 1 rings (SSSR count). The molecule has 6 heteroatoms. The van der Waals surface area contributed by atoms with Gasteiger partial charge in [-0.3, -0.25) is 0 Å². The van der Waals surface area contributed by atoms with Crippen molar-refractivity contribution in [2.24, 2.45) is 0 Å². The smallest absolute Gasteiger partial charge is 0.144 e. The van der Waals surface area contributed by atoms with Crippen LogP contribution in [0.1, 0.15) is 0 Å². The molecule has 0 unspecified atom stereocenters. The number of nitrogens with zero attached hydrogens (tertiary/aromatic N) is 4. The van der Waals surface area contributed by atoms with Gasteiger partial charge < -0.3 is 4.52 Å². The Morgan fingerprint density at radius 1 is 1.75 bits per heavy atom. The first-order valence-corrected chi connectivity index (χ1v) is 1.63. The van der Waals surface area contributed by atoms with E-state index in [2.05, 4.69) is 14.9 Å². The summed E-state index contributed by atoms with van der Waals surface area (Å²) in [7, 11) is 0. The lowest BCUT2D eigenvalue weighted by Gasteiger charge is -1.45. The van der Waals surface area contributed by atoms with Crippen molar-refractivity contribution in [2.45, 2.75) is 0 Å². The van der Waals surface area contributed by atoms with Crippen molar-refractivity contribution in [1.29, 1.82) is 5.53 Å². The van der Waals surface area contributed by atoms with E-state index in [0.717, 1.165) is 0 Å². The second kappa shape index (κ2) is 5.45. The van der Waals surface area contributed by atoms with Crippen LogP contribution in [-0.4, -0.2) is 10.4 Å². The molecule has 0 aliphatic heterocycles. The molecule has 1 heterocycles. The van der Waals surface area contributed by atoms with Crippen LogP contribution in [0.15, 0.2) is 17.0 Å². The molecular weight excluding hydrogens is 110 g/mol. The highest BCUT2D eigenvalue weighted by Gasteiger charge is 1.61. The van der Waals surface area contributed by atoms with Crippen LogP contribution in [0.3, 0.4) is 0 Å². The number of hydrogen-bond acceptors (Lipinski definition) is 4. The lowest BCUT2D eigenvalue weighted by Crippen LogP contribution is -1.53. The average molecular weight is 113 g/mol. The van der Waals surface area contributed by atoms with Crippen molar-refractivity contribution in [1.82, 2.24) is 10.4 Å². The minimum Gasteiger partial charge on any atom is -0.346 e. The van der Waals surface area contributed by atoms with Gasteiger partial charge in [0.05, 0.1) is 6.20 Å². The molecule has 0 amide bonds. The Kier molecular flexibility index (Phi) is 4.39. The number of nitrogens with one attached hydrogen (secondary N) is 1. The van der Waals surface area contributed by atoms with E-state index in [-0.39, 0.29) is 0 Å². The molecule has 0 aromatic carbocycles. The quantitative estimate of drug-likeness (QED) is 0.308. The Labute approximate surface area is 44.5 Å². The molecule has 6 nitrogen and oxygen atoms in total. The summed E-state index contributed by atoms with van der Waals surface area (Å²) in [6.45, 7) is 0. The van der Waals surface area contributed by atoms with Crippen molar-refractivity contribution >= 4 is 0 Å². The van der Waals surface area contributed by atoms with Crippen LogP contribution in [0.2, 0.25) is 0 Å². The molecule has 0 saturated carbocycles. The zero-order valence-electron chi connectivity index (χ0n) is 3.85. The van der Waals surface area contributed by atoms with Gasteiger partial charge in [0, 0.05) is 5.27 Å². The van der Waals surface area contributed by atoms with Gasteiger partial charge in [-0.2, -0.15) is 0 Å². The van der Waals surface area contributed by atoms with Crippen LogP contribution in [0, 0.1) is 5.53 Å². The Morgan fingerprint density at radius 2 is 2.38 bits per heavy atom. The van der Waals surface area contributed by atoms with Gasteiger partial charge in [-0.05, 0) is 10.4 Å². The van der Waals surface area contributed by atoms with E-state index in [0.29, 0.717) is 0 Å². The molecule has 1 N–H and O–H groups in total. The lowest BCUT2D eigenvalue weighted by molar-refractivity contribution is 0.393. The first-order chi connectivity index (χ1) is 3.91. The van der Waals surface area contributed by atoms with Crippen LogP contribution in [0.5, 0.6) is 0 Å². The normalized spacial score (nSPS) is 6.00. The summed E-state index contributed by atoms with van der Waals surface area (Å²) in [6, 6.07) is 0. The average Bonchev–Trinajstić information content (AvgIpc) is 2.17. The third-order valence-electron chi connectivity index (χ3n) is 0.283. The summed E-state index contributed by atoms with van der Waals surface area (Å²) in [5.74, 6) is 0. The van der Waals surface area contributed by atoms with Gasteiger partial charge in [0.25, 0.3) is 0 Å². The molecule has 8 heavy (non-hydrogen) atoms. The van der Waals surface area contributed by atoms with E-state index >= 15 is 0 Å². The van der Waals surface area contributed by atoms with Gasteiger partial charge in [0.2, 0.25) is 0 Å². The van der Waals surface area contributed by atoms with E-state index in [4.69, 9.17) is 11.1 Å². The van der Waals surface area contributed by atoms with Crippen LogP contribution in [-0.2, 0) is 0 Å². The molecule has 0 fully saturated rings. The van der Waals surface area contributed by atoms with Gasteiger partial charge in [0.15, 0.2) is 0 Å². The summed E-state index contributed by atoms with van der Waals surface area (Å²) in [6.07, 6.45) is 2.88. The molecule has 0 atom stereocenters. The molecule has 0 radical (unpaired) electrons. The number of rotatable bonds is 0. The summed E-state index contributed by atoms with van der Waals surface area (Å²) >= 11 is 0. The van der Waals surface area contributed by atoms with Crippen LogP contribution >= 0.6 is 0 Å². The zero-order chi connectivity index (χ0) is 6.24. The molecular formula is C2H3N5O. The van der Waals surface area contributed by atoms with Gasteiger partial charge in [-0.1, -0.05) is 0 Å². The highest BCUT2D eigenvalue weighted by molar-refractivity contribution is 4.48. The van der Waals surface area contributed by atoms with Crippen molar-refractivity contribution in [3.63, 3.8) is 0 Å². The van der Waals surface area contributed by atoms with Gasteiger partial charge in [0.1, 0.15) is 6.26 Å². The fourth-order valence-electron chi connectivity index (χ4n) is 0.136. The molecule has 1 aromatic rings. The minimum absolute atomic E-state index is 1.40. The lowest BCUT2D eigenvalue weighted by atomic mass is 11.0. The maximum atomic E-state index is 6.86. The summed E-state index contributed by atoms with van der Waals surface area (Å²) in [5, 5.41) is 6.40. The molecule has 0 aliphatic carbocycles. The zero-order valence-corrected chi connectivity index (χ0v) is 3.85. The SMILES string of the molecule is [N-]=[N+]=N.c1conn1. The second-order valence-electron chi connectivity index (χ2n) is 0.688. The second-order valence-corrected chi connectivity index (χ2v) is 0.688. The number of aromatic nitrogens is 2. The molecule has 42 valence electrons. The van der Waals surface area contributed by atoms with E-state index in [9.17, 15) is 0 Å². The Balaban J connectivity index is 0.000000145. The fourth-order valence-corrected chi connectivity index (χ4v) is 0.136. The van der Waals surface area contributed by atoms with Crippen LogP contribution in [0.25, 0.3) is 10.4 Å². The third-order valence-corrected chi connectivity index (χ3v) is 0.283. The fraction of sp³-hybridized carbons (Fsp3) is 0. The summed E-state index contributed by atoms with van der Waals surface area (Å²) < 4.78 is 4.22. The molecule has 1 aromatic heterocycles. The molecule has 0 bridgehead atoms. The van der Waals surface area contributed by atoms with Crippen molar-refractivity contribution in [3.8, 4) is 0 Å². The topological polar surface area (TPSA) is 99.2 Å². The largest absolute Gasteiger partial charge is 0.346 e. The molecule has 0 spiro atoms. The van der Waals surface area contributed by atoms with Gasteiger partial charge >= 0.3 is 0 Å². The summed E-state index contributed by atoms with van der Waals surface area (Å²) in [5.41, 5.74) is 12.2. The highest BCUT2D eigenvalue weighted by Crippen LogP contribution is 1.64. The third kappa shape index (κ3) is 4.45. The van der Waals surface area contributed by atoms with Crippen LogP contribution < -0.4 is 0 Å². The predicted molar refractivity (Wildman–Crippen MR) is 23.7 cm³/mol. The first-order valence-electron chi connectivity index (χ1n) is 1.63. The number of hydrogen-bond donors (Lipinski definition) is 1. The minimum atomic E-state index is 1.40. The van der Waals surface area contributed by atoms with E-state index in [1.165, 1.54) is 12.5 Å². The van der Waals surface area contributed by atoms with Gasteiger partial charge in [-0.15, -0.1) is 10.6 Å². The predicted octanol–water partition coefficient (Wildman–Crippen LogP) is 0.945. The van der Waals surface area contributed by atoms with Crippen LogP contribution in [0.4, 0.5) is 0 Å². The Morgan fingerprint density at radius 3 is 2.50 bits per heavy atom. The van der Waals surface area contributed by atoms with Crippen molar-refractivity contribution in [3.05, 3.63) is 22.9 Å². The van der Waals surface area contributed by atoms with E-state index in [1.54, 1.807) is 4.91 Å². The summed E-state index contributed by atoms with van der Waals surface area (Å²) in [4.78, 5) is 1.75. The maximum absolute atomic E-state index is 6.86. The van der Waals surface area contributed by atoms with E-state index < -0.39 is 0 Å². The van der Waals surface area contributed by atoms with E-state index in [1.807, 2.05) is 0 Å². The highest BCUT2D eigenvalue weighted by atomic mass is 16.5. The monoisotopic (exact) mass is 113 g/mol. The Bertz CT molecular complexity index is 122. The van der Waals surface area contributed by atoms with Crippen molar-refractivity contribution in [2.75, 3.05) is 0 Å². The van der Waals surface area contributed by atoms with Gasteiger partial charge in [-0.25, -0.2) is 0 Å². The first kappa shape index (κ1) is 6.45. The Hall–Kier alpha value is -1.55. The standard InChI is InChI=1S/C2H2N2O.HN3/c1-2-5-4-3-1;1-3-2/h1-2H;1H. The van der Waals surface area contributed by atoms with Crippen molar-refractivity contribution < 1.29 is 4.52 Å². The maximum Gasteiger partial charge on any atom is 0.144 e. The molecule has 0 aliphatic rings. The molecule has 0 saturated heterocycles.